The van der Waals surface area contributed by atoms with E-state index in [1.807, 2.05) is 0 Å². The zero-order valence-corrected chi connectivity index (χ0v) is 11.3. The zero-order chi connectivity index (χ0) is 14.5. The van der Waals surface area contributed by atoms with Gasteiger partial charge < -0.3 is 10.4 Å². The molecule has 7 heteroatoms. The Morgan fingerprint density at radius 2 is 2.11 bits per heavy atom. The summed E-state index contributed by atoms with van der Waals surface area (Å²) in [5.41, 5.74) is 0.242. The second kappa shape index (κ2) is 6.35. The first-order chi connectivity index (χ1) is 8.92. The minimum atomic E-state index is -3.65. The molecule has 0 aliphatic rings. The lowest BCUT2D eigenvalue weighted by Crippen LogP contribution is -2.30. The second-order valence-electron chi connectivity index (χ2n) is 3.76. The van der Waals surface area contributed by atoms with Crippen LogP contribution in [-0.4, -0.2) is 32.6 Å². The number of carboxylic acids is 1. The van der Waals surface area contributed by atoms with Gasteiger partial charge in [-0.3, -0.25) is 0 Å². The highest BCUT2D eigenvalue weighted by atomic mass is 32.2. The molecule has 0 heterocycles. The Balaban J connectivity index is 3.14. The number of anilines is 1. The molecule has 3 N–H and O–H groups in total. The number of aliphatic carboxylic acids is 1. The van der Waals surface area contributed by atoms with Crippen LogP contribution < -0.4 is 10.0 Å². The van der Waals surface area contributed by atoms with E-state index in [9.17, 15) is 13.2 Å². The summed E-state index contributed by atoms with van der Waals surface area (Å²) in [4.78, 5) is 11.1. The van der Waals surface area contributed by atoms with E-state index in [1.165, 1.54) is 25.3 Å². The van der Waals surface area contributed by atoms with E-state index in [4.69, 9.17) is 5.11 Å². The largest absolute Gasteiger partial charge is 0.480 e. The molecule has 1 rings (SSSR count). The summed E-state index contributed by atoms with van der Waals surface area (Å²) in [5, 5.41) is 11.7. The van der Waals surface area contributed by atoms with Crippen molar-refractivity contribution in [3.8, 4) is 0 Å². The summed E-state index contributed by atoms with van der Waals surface area (Å²) in [7, 11) is -2.35. The fourth-order valence-electron chi connectivity index (χ4n) is 1.51. The van der Waals surface area contributed by atoms with Crippen LogP contribution >= 0.6 is 0 Å². The van der Waals surface area contributed by atoms with Gasteiger partial charge >= 0.3 is 5.97 Å². The number of hydrogen-bond donors (Lipinski definition) is 3. The van der Waals surface area contributed by atoms with Gasteiger partial charge in [-0.2, -0.15) is 0 Å². The average molecular weight is 284 g/mol. The fraction of sp³-hybridized carbons (Fsp3) is 0.250. The molecular formula is C12H16N2O4S. The van der Waals surface area contributed by atoms with Crippen LogP contribution in [0.3, 0.4) is 0 Å². The number of para-hydroxylation sites is 1. The lowest BCUT2D eigenvalue weighted by atomic mass is 10.2. The first-order valence-electron chi connectivity index (χ1n) is 5.55. The number of nitrogens with one attached hydrogen (secondary N) is 2. The molecule has 0 amide bonds. The Kier molecular flexibility index (Phi) is 5.08. The molecule has 6 nitrogen and oxygen atoms in total. The third-order valence-corrected chi connectivity index (χ3v) is 3.95. The van der Waals surface area contributed by atoms with Gasteiger partial charge in [0.1, 0.15) is 10.9 Å². The predicted molar refractivity (Wildman–Crippen MR) is 72.5 cm³/mol. The molecule has 1 unspecified atom stereocenters. The number of benzene rings is 1. The lowest BCUT2D eigenvalue weighted by molar-refractivity contribution is -0.137. The molecule has 1 atom stereocenters. The van der Waals surface area contributed by atoms with Crippen LogP contribution in [0.2, 0.25) is 0 Å². The van der Waals surface area contributed by atoms with Crippen molar-refractivity contribution in [2.24, 2.45) is 0 Å². The molecule has 0 saturated heterocycles. The van der Waals surface area contributed by atoms with Gasteiger partial charge in [0.15, 0.2) is 0 Å². The van der Waals surface area contributed by atoms with Crippen LogP contribution in [-0.2, 0) is 14.8 Å². The number of hydrogen-bond acceptors (Lipinski definition) is 4. The van der Waals surface area contributed by atoms with Crippen molar-refractivity contribution in [2.75, 3.05) is 12.4 Å². The molecule has 0 saturated carbocycles. The van der Waals surface area contributed by atoms with Crippen molar-refractivity contribution in [3.05, 3.63) is 36.9 Å². The Hall–Kier alpha value is -1.86. The molecule has 19 heavy (non-hydrogen) atoms. The smallest absolute Gasteiger partial charge is 0.326 e. The topological polar surface area (TPSA) is 95.5 Å². The maximum Gasteiger partial charge on any atom is 0.326 e. The predicted octanol–water partition coefficient (Wildman–Crippen LogP) is 1.04. The summed E-state index contributed by atoms with van der Waals surface area (Å²) in [5.74, 6) is -1.07. The van der Waals surface area contributed by atoms with Gasteiger partial charge in [-0.05, 0) is 25.6 Å². The number of carboxylic acid groups (broad SMARTS) is 1. The van der Waals surface area contributed by atoms with E-state index in [0.29, 0.717) is 0 Å². The van der Waals surface area contributed by atoms with Crippen LogP contribution in [0.5, 0.6) is 0 Å². The van der Waals surface area contributed by atoms with Crippen LogP contribution in [0, 0.1) is 0 Å². The maximum absolute atomic E-state index is 11.8. The monoisotopic (exact) mass is 284 g/mol. The summed E-state index contributed by atoms with van der Waals surface area (Å²) in [6, 6.07) is 5.19. The summed E-state index contributed by atoms with van der Waals surface area (Å²) < 4.78 is 25.8. The van der Waals surface area contributed by atoms with Crippen molar-refractivity contribution in [1.29, 1.82) is 0 Å². The zero-order valence-electron chi connectivity index (χ0n) is 10.5. The number of carbonyl (C=O) groups is 1. The van der Waals surface area contributed by atoms with Gasteiger partial charge in [0.2, 0.25) is 10.0 Å². The molecule has 0 aliphatic heterocycles. The van der Waals surface area contributed by atoms with Crippen molar-refractivity contribution in [3.63, 3.8) is 0 Å². The van der Waals surface area contributed by atoms with Crippen molar-refractivity contribution >= 4 is 21.7 Å². The van der Waals surface area contributed by atoms with Crippen LogP contribution in [0.25, 0.3) is 0 Å². The SMILES string of the molecule is C=CCC(Nc1ccccc1S(=O)(=O)NC)C(=O)O. The van der Waals surface area contributed by atoms with E-state index < -0.39 is 22.0 Å². The third kappa shape index (κ3) is 3.80. The van der Waals surface area contributed by atoms with E-state index in [1.54, 1.807) is 12.1 Å². The Morgan fingerprint density at radius 3 is 2.63 bits per heavy atom. The van der Waals surface area contributed by atoms with Crippen molar-refractivity contribution in [1.82, 2.24) is 4.72 Å². The highest BCUT2D eigenvalue weighted by Crippen LogP contribution is 2.21. The number of rotatable bonds is 7. The van der Waals surface area contributed by atoms with Gasteiger partial charge in [0, 0.05) is 0 Å². The van der Waals surface area contributed by atoms with E-state index in [-0.39, 0.29) is 17.0 Å². The van der Waals surface area contributed by atoms with E-state index in [2.05, 4.69) is 16.6 Å². The summed E-state index contributed by atoms with van der Waals surface area (Å²) >= 11 is 0. The lowest BCUT2D eigenvalue weighted by Gasteiger charge is -2.16. The van der Waals surface area contributed by atoms with Crippen LogP contribution in [0.15, 0.2) is 41.8 Å². The average Bonchev–Trinajstić information content (AvgIpc) is 2.38. The maximum atomic E-state index is 11.8. The summed E-state index contributed by atoms with van der Waals surface area (Å²) in [6.07, 6.45) is 1.64. The standard InChI is InChI=1S/C12H16N2O4S/c1-3-6-10(12(15)16)14-9-7-4-5-8-11(9)19(17,18)13-2/h3-5,7-8,10,13-14H,1,6H2,2H3,(H,15,16). The number of sulfonamides is 1. The van der Waals surface area contributed by atoms with Gasteiger partial charge in [-0.25, -0.2) is 17.9 Å². The van der Waals surface area contributed by atoms with Crippen molar-refractivity contribution < 1.29 is 18.3 Å². The first kappa shape index (κ1) is 15.2. The van der Waals surface area contributed by atoms with Gasteiger partial charge in [-0.15, -0.1) is 6.58 Å². The highest BCUT2D eigenvalue weighted by molar-refractivity contribution is 7.89. The molecule has 1 aromatic rings. The molecule has 0 aliphatic carbocycles. The third-order valence-electron chi connectivity index (χ3n) is 2.48. The van der Waals surface area contributed by atoms with Gasteiger partial charge in [-0.1, -0.05) is 18.2 Å². The molecule has 0 bridgehead atoms. The Labute approximate surface area is 112 Å². The molecule has 1 aromatic carbocycles. The molecular weight excluding hydrogens is 268 g/mol. The Morgan fingerprint density at radius 1 is 1.47 bits per heavy atom. The molecule has 0 fully saturated rings. The molecule has 0 aromatic heterocycles. The van der Waals surface area contributed by atoms with E-state index in [0.717, 1.165) is 0 Å². The molecule has 0 radical (unpaired) electrons. The molecule has 104 valence electrons. The Bertz CT molecular complexity index is 569. The normalized spacial score (nSPS) is 12.7. The van der Waals surface area contributed by atoms with Gasteiger partial charge in [0.05, 0.1) is 5.69 Å². The first-order valence-corrected chi connectivity index (χ1v) is 7.03. The molecule has 0 spiro atoms. The minimum Gasteiger partial charge on any atom is -0.480 e. The minimum absolute atomic E-state index is 0.00723. The quantitative estimate of drug-likeness (QED) is 0.650. The van der Waals surface area contributed by atoms with Crippen molar-refractivity contribution in [2.45, 2.75) is 17.4 Å². The van der Waals surface area contributed by atoms with Crippen LogP contribution in [0.4, 0.5) is 5.69 Å². The summed E-state index contributed by atoms with van der Waals surface area (Å²) in [6.45, 7) is 3.48. The second-order valence-corrected chi connectivity index (χ2v) is 5.62. The van der Waals surface area contributed by atoms with Gasteiger partial charge in [0.25, 0.3) is 0 Å². The highest BCUT2D eigenvalue weighted by Gasteiger charge is 2.21. The van der Waals surface area contributed by atoms with Crippen LogP contribution in [0.1, 0.15) is 6.42 Å². The fourth-order valence-corrected chi connectivity index (χ4v) is 2.40. The van der Waals surface area contributed by atoms with E-state index >= 15 is 0 Å².